The molecule has 0 heterocycles. The lowest BCUT2D eigenvalue weighted by molar-refractivity contribution is 0.274. The molecule has 3 heteroatoms. The molecule has 0 aromatic heterocycles. The maximum Gasteiger partial charge on any atom is 0.118 e. The van der Waals surface area contributed by atoms with Gasteiger partial charge in [0, 0.05) is 12.6 Å². The highest BCUT2D eigenvalue weighted by Crippen LogP contribution is 2.19. The van der Waals surface area contributed by atoms with Crippen LogP contribution in [-0.2, 0) is 0 Å². The van der Waals surface area contributed by atoms with Crippen LogP contribution in [0.15, 0.2) is 24.3 Å². The van der Waals surface area contributed by atoms with Crippen LogP contribution in [0.4, 0.5) is 0 Å². The maximum absolute atomic E-state index is 5.25. The summed E-state index contributed by atoms with van der Waals surface area (Å²) >= 11 is 0. The van der Waals surface area contributed by atoms with E-state index < -0.39 is 0 Å². The number of hydrogen-bond acceptors (Lipinski definition) is 3. The second-order valence-corrected chi connectivity index (χ2v) is 6.22. The van der Waals surface area contributed by atoms with Crippen LogP contribution in [0.2, 0.25) is 0 Å². The Kier molecular flexibility index (Phi) is 8.40. The third-order valence-electron chi connectivity index (χ3n) is 3.74. The number of nitrogens with one attached hydrogen (secondary N) is 1. The van der Waals surface area contributed by atoms with Crippen LogP contribution in [0.5, 0.6) is 5.75 Å². The van der Waals surface area contributed by atoms with Gasteiger partial charge in [-0.25, -0.2) is 0 Å². The minimum absolute atomic E-state index is 0.382. The Labute approximate surface area is 130 Å². The molecular weight excluding hydrogens is 260 g/mol. The monoisotopic (exact) mass is 292 g/mol. The molecule has 1 aromatic carbocycles. The normalized spacial score (nSPS) is 12.9. The Morgan fingerprint density at radius 2 is 1.86 bits per heavy atom. The van der Waals surface area contributed by atoms with Gasteiger partial charge in [-0.3, -0.25) is 0 Å². The van der Waals surface area contributed by atoms with Crippen LogP contribution in [0, 0.1) is 5.92 Å². The topological polar surface area (TPSA) is 24.5 Å². The van der Waals surface area contributed by atoms with E-state index in [1.165, 1.54) is 12.0 Å². The SMILES string of the molecule is CCCNC(CN(C)CCC(C)C)c1ccc(OC)cc1. The zero-order chi connectivity index (χ0) is 15.7. The van der Waals surface area contributed by atoms with E-state index in [1.807, 2.05) is 12.1 Å². The molecule has 21 heavy (non-hydrogen) atoms. The highest BCUT2D eigenvalue weighted by atomic mass is 16.5. The zero-order valence-corrected chi connectivity index (χ0v) is 14.4. The Hall–Kier alpha value is -1.06. The summed E-state index contributed by atoms with van der Waals surface area (Å²) in [4.78, 5) is 2.43. The van der Waals surface area contributed by atoms with Crippen molar-refractivity contribution in [2.75, 3.05) is 33.8 Å². The van der Waals surface area contributed by atoms with Gasteiger partial charge in [-0.15, -0.1) is 0 Å². The minimum atomic E-state index is 0.382. The first kappa shape index (κ1) is 18.0. The summed E-state index contributed by atoms with van der Waals surface area (Å²) in [6, 6.07) is 8.81. The molecule has 0 saturated carbocycles. The van der Waals surface area contributed by atoms with Gasteiger partial charge in [0.2, 0.25) is 0 Å². The lowest BCUT2D eigenvalue weighted by Crippen LogP contribution is -2.34. The number of benzene rings is 1. The third-order valence-corrected chi connectivity index (χ3v) is 3.74. The molecule has 1 N–H and O–H groups in total. The Balaban J connectivity index is 2.65. The second kappa shape index (κ2) is 9.80. The highest BCUT2D eigenvalue weighted by molar-refractivity contribution is 5.29. The summed E-state index contributed by atoms with van der Waals surface area (Å²) in [5, 5.41) is 3.66. The number of methoxy groups -OCH3 is 1. The Bertz CT molecular complexity index is 375. The smallest absolute Gasteiger partial charge is 0.118 e. The fourth-order valence-corrected chi connectivity index (χ4v) is 2.32. The molecule has 0 bridgehead atoms. The quantitative estimate of drug-likeness (QED) is 0.711. The molecule has 0 radical (unpaired) electrons. The lowest BCUT2D eigenvalue weighted by Gasteiger charge is -2.26. The molecule has 0 fully saturated rings. The Morgan fingerprint density at radius 3 is 2.38 bits per heavy atom. The van der Waals surface area contributed by atoms with E-state index in [2.05, 4.69) is 50.2 Å². The molecule has 3 nitrogen and oxygen atoms in total. The van der Waals surface area contributed by atoms with Gasteiger partial charge in [-0.1, -0.05) is 32.9 Å². The van der Waals surface area contributed by atoms with Crippen molar-refractivity contribution in [2.24, 2.45) is 5.92 Å². The van der Waals surface area contributed by atoms with Gasteiger partial charge in [0.25, 0.3) is 0 Å². The zero-order valence-electron chi connectivity index (χ0n) is 14.4. The van der Waals surface area contributed by atoms with E-state index in [1.54, 1.807) is 7.11 Å². The molecule has 1 atom stereocenters. The van der Waals surface area contributed by atoms with E-state index >= 15 is 0 Å². The maximum atomic E-state index is 5.25. The molecule has 0 aliphatic heterocycles. The van der Waals surface area contributed by atoms with Crippen LogP contribution in [0.1, 0.15) is 45.2 Å². The van der Waals surface area contributed by atoms with Gasteiger partial charge >= 0.3 is 0 Å². The largest absolute Gasteiger partial charge is 0.497 e. The fourth-order valence-electron chi connectivity index (χ4n) is 2.32. The highest BCUT2D eigenvalue weighted by Gasteiger charge is 2.13. The molecule has 0 amide bonds. The number of nitrogens with zero attached hydrogens (tertiary/aromatic N) is 1. The van der Waals surface area contributed by atoms with Crippen LogP contribution >= 0.6 is 0 Å². The number of ether oxygens (including phenoxy) is 1. The summed E-state index contributed by atoms with van der Waals surface area (Å²) < 4.78 is 5.25. The number of likely N-dealkylation sites (N-methyl/N-ethyl adjacent to an activating group) is 1. The van der Waals surface area contributed by atoms with E-state index in [0.29, 0.717) is 6.04 Å². The van der Waals surface area contributed by atoms with Crippen LogP contribution in [-0.4, -0.2) is 38.7 Å². The van der Waals surface area contributed by atoms with Crippen molar-refractivity contribution in [2.45, 2.75) is 39.7 Å². The van der Waals surface area contributed by atoms with Crippen molar-refractivity contribution in [3.05, 3.63) is 29.8 Å². The van der Waals surface area contributed by atoms with Gasteiger partial charge in [0.1, 0.15) is 5.75 Å². The van der Waals surface area contributed by atoms with E-state index in [9.17, 15) is 0 Å². The molecular formula is C18H32N2O. The van der Waals surface area contributed by atoms with Crippen LogP contribution in [0.3, 0.4) is 0 Å². The van der Waals surface area contributed by atoms with Gasteiger partial charge in [0.05, 0.1) is 7.11 Å². The Morgan fingerprint density at radius 1 is 1.19 bits per heavy atom. The predicted molar refractivity (Wildman–Crippen MR) is 91.0 cm³/mol. The molecule has 0 spiro atoms. The summed E-state index contributed by atoms with van der Waals surface area (Å²) in [6.07, 6.45) is 2.40. The standard InChI is InChI=1S/C18H32N2O/c1-6-12-19-18(14-20(4)13-11-15(2)3)16-7-9-17(21-5)10-8-16/h7-10,15,18-19H,6,11-14H2,1-5H3. The summed E-state index contributed by atoms with van der Waals surface area (Å²) in [7, 11) is 3.92. The van der Waals surface area contributed by atoms with Crippen molar-refractivity contribution >= 4 is 0 Å². The summed E-state index contributed by atoms with van der Waals surface area (Å²) in [6.45, 7) is 10.0. The molecule has 120 valence electrons. The fraction of sp³-hybridized carbons (Fsp3) is 0.667. The summed E-state index contributed by atoms with van der Waals surface area (Å²) in [5.41, 5.74) is 1.33. The van der Waals surface area contributed by atoms with Crippen LogP contribution < -0.4 is 10.1 Å². The third kappa shape index (κ3) is 6.96. The molecule has 1 aromatic rings. The number of hydrogen-bond donors (Lipinski definition) is 1. The molecule has 0 aliphatic rings. The van der Waals surface area contributed by atoms with Crippen molar-refractivity contribution < 1.29 is 4.74 Å². The van der Waals surface area contributed by atoms with Crippen molar-refractivity contribution in [3.8, 4) is 5.75 Å². The predicted octanol–water partition coefficient (Wildman–Crippen LogP) is 3.71. The summed E-state index contributed by atoms with van der Waals surface area (Å²) in [5.74, 6) is 1.68. The van der Waals surface area contributed by atoms with Gasteiger partial charge in [-0.05, 0) is 56.6 Å². The van der Waals surface area contributed by atoms with Gasteiger partial charge in [-0.2, -0.15) is 0 Å². The van der Waals surface area contributed by atoms with Crippen molar-refractivity contribution in [3.63, 3.8) is 0 Å². The van der Waals surface area contributed by atoms with Gasteiger partial charge < -0.3 is 15.0 Å². The average Bonchev–Trinajstić information content (AvgIpc) is 2.49. The molecule has 0 saturated heterocycles. The second-order valence-electron chi connectivity index (χ2n) is 6.22. The lowest BCUT2D eigenvalue weighted by atomic mass is 10.1. The van der Waals surface area contributed by atoms with E-state index in [4.69, 9.17) is 4.74 Å². The van der Waals surface area contributed by atoms with Gasteiger partial charge in [0.15, 0.2) is 0 Å². The first-order valence-corrected chi connectivity index (χ1v) is 8.12. The van der Waals surface area contributed by atoms with Crippen molar-refractivity contribution in [1.29, 1.82) is 0 Å². The van der Waals surface area contributed by atoms with E-state index in [0.717, 1.165) is 37.7 Å². The molecule has 1 unspecified atom stereocenters. The minimum Gasteiger partial charge on any atom is -0.497 e. The van der Waals surface area contributed by atoms with E-state index in [-0.39, 0.29) is 0 Å². The first-order chi connectivity index (χ1) is 10.1. The number of rotatable bonds is 10. The van der Waals surface area contributed by atoms with Crippen LogP contribution in [0.25, 0.3) is 0 Å². The molecule has 1 rings (SSSR count). The first-order valence-electron chi connectivity index (χ1n) is 8.12. The average molecular weight is 292 g/mol. The van der Waals surface area contributed by atoms with Crippen molar-refractivity contribution in [1.82, 2.24) is 10.2 Å². The molecule has 0 aliphatic carbocycles.